The Morgan fingerprint density at radius 3 is 2.90 bits per heavy atom. The van der Waals surface area contributed by atoms with Gasteiger partial charge >= 0.3 is 5.97 Å². The summed E-state index contributed by atoms with van der Waals surface area (Å²) in [6.45, 7) is 0.659. The molecule has 0 atom stereocenters. The summed E-state index contributed by atoms with van der Waals surface area (Å²) in [7, 11) is 0. The molecule has 0 bridgehead atoms. The molecule has 0 saturated heterocycles. The van der Waals surface area contributed by atoms with E-state index in [2.05, 4.69) is 20.6 Å². The molecule has 2 heterocycles. The molecule has 2 aromatic heterocycles. The molecule has 1 amide bonds. The second-order valence-electron chi connectivity index (χ2n) is 3.88. The highest BCUT2D eigenvalue weighted by Gasteiger charge is 2.09. The second kappa shape index (κ2) is 6.10. The van der Waals surface area contributed by atoms with Crippen LogP contribution in [0.5, 0.6) is 0 Å². The van der Waals surface area contributed by atoms with Crippen LogP contribution >= 0.6 is 11.3 Å². The van der Waals surface area contributed by atoms with Crippen molar-refractivity contribution in [1.29, 1.82) is 0 Å². The molecule has 0 spiro atoms. The Morgan fingerprint density at radius 2 is 2.30 bits per heavy atom. The smallest absolute Gasteiger partial charge is 0.358 e. The van der Waals surface area contributed by atoms with Gasteiger partial charge in [0.1, 0.15) is 0 Å². The van der Waals surface area contributed by atoms with Gasteiger partial charge in [0.2, 0.25) is 5.91 Å². The Balaban J connectivity index is 1.74. The first kappa shape index (κ1) is 13.9. The third-order valence-corrected chi connectivity index (χ3v) is 3.05. The van der Waals surface area contributed by atoms with E-state index in [1.807, 2.05) is 0 Å². The molecule has 0 radical (unpaired) electrons. The maximum Gasteiger partial charge on any atom is 0.358 e. The average molecular weight is 296 g/mol. The van der Waals surface area contributed by atoms with Gasteiger partial charge in [-0.05, 0) is 0 Å². The minimum absolute atomic E-state index is 0.130. The summed E-state index contributed by atoms with van der Waals surface area (Å²) in [6.07, 6.45) is 1.46. The van der Waals surface area contributed by atoms with Crippen LogP contribution in [0.2, 0.25) is 0 Å². The number of hydrogen-bond donors (Lipinski definition) is 3. The third-order valence-electron chi connectivity index (χ3n) is 2.33. The second-order valence-corrected chi connectivity index (χ2v) is 4.77. The van der Waals surface area contributed by atoms with Gasteiger partial charge in [-0.25, -0.2) is 14.5 Å². The quantitative estimate of drug-likeness (QED) is 0.645. The monoisotopic (exact) mass is 296 g/mol. The summed E-state index contributed by atoms with van der Waals surface area (Å²) in [5, 5.41) is 20.6. The molecule has 9 nitrogen and oxygen atoms in total. The number of carbonyl (C=O) groups excluding carboxylic acids is 1. The molecule has 2 rings (SSSR count). The van der Waals surface area contributed by atoms with Crippen molar-refractivity contribution in [1.82, 2.24) is 25.3 Å². The fourth-order valence-electron chi connectivity index (χ4n) is 1.45. The maximum atomic E-state index is 11.6. The first-order valence-corrected chi connectivity index (χ1v) is 6.52. The van der Waals surface area contributed by atoms with Crippen LogP contribution in [-0.4, -0.2) is 43.5 Å². The Hall–Kier alpha value is -2.49. The molecule has 0 unspecified atom stereocenters. The van der Waals surface area contributed by atoms with Gasteiger partial charge in [-0.3, -0.25) is 4.79 Å². The average Bonchev–Trinajstić information content (AvgIpc) is 2.99. The first-order valence-electron chi connectivity index (χ1n) is 5.64. The lowest BCUT2D eigenvalue weighted by molar-refractivity contribution is -0.120. The molecular formula is C10H12N6O3S. The highest BCUT2D eigenvalue weighted by Crippen LogP contribution is 2.11. The Morgan fingerprint density at radius 1 is 1.50 bits per heavy atom. The van der Waals surface area contributed by atoms with Crippen LogP contribution in [0.4, 0.5) is 5.13 Å². The van der Waals surface area contributed by atoms with Crippen molar-refractivity contribution in [2.45, 2.75) is 13.0 Å². The van der Waals surface area contributed by atoms with E-state index in [0.717, 1.165) is 0 Å². The van der Waals surface area contributed by atoms with E-state index < -0.39 is 5.97 Å². The zero-order valence-electron chi connectivity index (χ0n) is 10.3. The lowest BCUT2D eigenvalue weighted by Crippen LogP contribution is -2.28. The maximum absolute atomic E-state index is 11.6. The van der Waals surface area contributed by atoms with E-state index in [1.165, 1.54) is 22.2 Å². The van der Waals surface area contributed by atoms with Crippen LogP contribution in [0.3, 0.4) is 0 Å². The van der Waals surface area contributed by atoms with Gasteiger partial charge in [0.25, 0.3) is 0 Å². The van der Waals surface area contributed by atoms with Crippen LogP contribution in [0.15, 0.2) is 11.6 Å². The molecule has 4 N–H and O–H groups in total. The summed E-state index contributed by atoms with van der Waals surface area (Å²) >= 11 is 1.28. The standard InChI is InChI=1S/C10H12N6O3S/c11-10-13-6(5-20-10)3-8(17)12-1-2-16-4-7(9(18)19)14-15-16/h4-5H,1-3H2,(H2,11,13)(H,12,17)(H,18,19). The normalized spacial score (nSPS) is 10.4. The molecule has 0 aliphatic rings. The highest BCUT2D eigenvalue weighted by atomic mass is 32.1. The van der Waals surface area contributed by atoms with Crippen LogP contribution in [0.25, 0.3) is 0 Å². The lowest BCUT2D eigenvalue weighted by Gasteiger charge is -2.03. The zero-order valence-corrected chi connectivity index (χ0v) is 11.1. The minimum Gasteiger partial charge on any atom is -0.476 e. The number of nitrogens with zero attached hydrogens (tertiary/aromatic N) is 4. The van der Waals surface area contributed by atoms with Gasteiger partial charge in [-0.2, -0.15) is 0 Å². The van der Waals surface area contributed by atoms with Crippen molar-refractivity contribution in [3.8, 4) is 0 Å². The molecule has 0 aliphatic carbocycles. The van der Waals surface area contributed by atoms with Crippen molar-refractivity contribution in [2.75, 3.05) is 12.3 Å². The van der Waals surface area contributed by atoms with E-state index >= 15 is 0 Å². The summed E-state index contributed by atoms with van der Waals surface area (Å²) in [6, 6.07) is 0. The summed E-state index contributed by atoms with van der Waals surface area (Å²) in [5.41, 5.74) is 5.96. The first-order chi connectivity index (χ1) is 9.54. The number of hydrogen-bond acceptors (Lipinski definition) is 7. The van der Waals surface area contributed by atoms with E-state index in [0.29, 0.717) is 23.9 Å². The minimum atomic E-state index is -1.14. The number of nitrogens with two attached hydrogens (primary N) is 1. The number of anilines is 1. The number of amides is 1. The number of rotatable bonds is 6. The number of aromatic carboxylic acids is 1. The number of nitrogens with one attached hydrogen (secondary N) is 1. The molecular weight excluding hydrogens is 284 g/mol. The number of carboxylic acids is 1. The fraction of sp³-hybridized carbons (Fsp3) is 0.300. The number of carboxylic acid groups (broad SMARTS) is 1. The fourth-order valence-corrected chi connectivity index (χ4v) is 2.01. The van der Waals surface area contributed by atoms with Crippen molar-refractivity contribution < 1.29 is 14.7 Å². The Labute approximate surface area is 117 Å². The molecule has 20 heavy (non-hydrogen) atoms. The van der Waals surface area contributed by atoms with Crippen LogP contribution in [-0.2, 0) is 17.8 Å². The van der Waals surface area contributed by atoms with Crippen molar-refractivity contribution in [2.24, 2.45) is 0 Å². The number of thiazole rings is 1. The lowest BCUT2D eigenvalue weighted by atomic mass is 10.3. The van der Waals surface area contributed by atoms with Crippen LogP contribution < -0.4 is 11.1 Å². The van der Waals surface area contributed by atoms with E-state index in [1.54, 1.807) is 5.38 Å². The van der Waals surface area contributed by atoms with Crippen molar-refractivity contribution >= 4 is 28.3 Å². The molecule has 106 valence electrons. The predicted octanol–water partition coefficient (Wildman–Crippen LogP) is -0.626. The van der Waals surface area contributed by atoms with Crippen LogP contribution in [0, 0.1) is 0 Å². The van der Waals surface area contributed by atoms with Gasteiger partial charge in [0.05, 0.1) is 24.9 Å². The van der Waals surface area contributed by atoms with E-state index in [4.69, 9.17) is 10.8 Å². The zero-order chi connectivity index (χ0) is 14.5. The summed E-state index contributed by atoms with van der Waals surface area (Å²) in [4.78, 5) is 26.2. The topological polar surface area (TPSA) is 136 Å². The molecule has 2 aromatic rings. The van der Waals surface area contributed by atoms with E-state index in [-0.39, 0.29) is 18.0 Å². The number of nitrogen functional groups attached to an aromatic ring is 1. The molecule has 0 aliphatic heterocycles. The van der Waals surface area contributed by atoms with Gasteiger partial charge in [-0.15, -0.1) is 16.4 Å². The van der Waals surface area contributed by atoms with Crippen molar-refractivity contribution in [3.05, 3.63) is 23.0 Å². The third kappa shape index (κ3) is 3.75. The molecule has 0 aromatic carbocycles. The Bertz CT molecular complexity index is 622. The number of carbonyl (C=O) groups is 2. The van der Waals surface area contributed by atoms with Gasteiger partial charge < -0.3 is 16.2 Å². The highest BCUT2D eigenvalue weighted by molar-refractivity contribution is 7.13. The van der Waals surface area contributed by atoms with Gasteiger partial charge in [0, 0.05) is 11.9 Å². The largest absolute Gasteiger partial charge is 0.476 e. The molecule has 0 fully saturated rings. The summed E-state index contributed by atoms with van der Waals surface area (Å²) in [5.74, 6) is -1.32. The van der Waals surface area contributed by atoms with Gasteiger partial charge in [-0.1, -0.05) is 5.21 Å². The Kier molecular flexibility index (Phi) is 4.25. The van der Waals surface area contributed by atoms with Crippen molar-refractivity contribution in [3.63, 3.8) is 0 Å². The molecule has 0 saturated carbocycles. The van der Waals surface area contributed by atoms with E-state index in [9.17, 15) is 9.59 Å². The predicted molar refractivity (Wildman–Crippen MR) is 70.2 cm³/mol. The SMILES string of the molecule is Nc1nc(CC(=O)NCCn2cc(C(=O)O)nn2)cs1. The molecule has 10 heteroatoms. The van der Waals surface area contributed by atoms with Crippen LogP contribution in [0.1, 0.15) is 16.2 Å². The number of aromatic nitrogens is 4. The summed E-state index contributed by atoms with van der Waals surface area (Å²) < 4.78 is 1.35. The van der Waals surface area contributed by atoms with Gasteiger partial charge in [0.15, 0.2) is 10.8 Å².